The van der Waals surface area contributed by atoms with Crippen LogP contribution < -0.4 is 4.90 Å². The molecule has 4 nitrogen and oxygen atoms in total. The van der Waals surface area contributed by atoms with E-state index in [0.29, 0.717) is 12.2 Å². The Morgan fingerprint density at radius 2 is 1.96 bits per heavy atom. The Labute approximate surface area is 137 Å². The second-order valence-electron chi connectivity index (χ2n) is 6.50. The fourth-order valence-corrected chi connectivity index (χ4v) is 3.35. The van der Waals surface area contributed by atoms with Crippen LogP contribution >= 0.6 is 0 Å². The van der Waals surface area contributed by atoms with Crippen molar-refractivity contribution in [3.8, 4) is 11.3 Å². The predicted octanol–water partition coefficient (Wildman–Crippen LogP) is 4.40. The maximum atomic E-state index is 12.4. The molecule has 0 saturated heterocycles. The smallest absolute Gasteiger partial charge is 0.227 e. The number of amides is 1. The van der Waals surface area contributed by atoms with Gasteiger partial charge in [-0.15, -0.1) is 0 Å². The fraction of sp³-hybridized carbons (Fsp3) is 0.474. The first-order valence-electron chi connectivity index (χ1n) is 8.61. The zero-order valence-electron chi connectivity index (χ0n) is 13.8. The van der Waals surface area contributed by atoms with Crippen molar-refractivity contribution < 1.29 is 4.79 Å². The molecule has 0 spiro atoms. The minimum atomic E-state index is 0.154. The SMILES string of the molecule is CN(C(=O)CCC1CCCCC1)c1cc(-c2ccccc2)[nH]n1. The number of benzene rings is 1. The van der Waals surface area contributed by atoms with Crippen molar-refractivity contribution in [2.45, 2.75) is 44.9 Å². The number of anilines is 1. The van der Waals surface area contributed by atoms with E-state index in [0.717, 1.165) is 23.6 Å². The third kappa shape index (κ3) is 4.01. The topological polar surface area (TPSA) is 49.0 Å². The molecule has 3 rings (SSSR count). The summed E-state index contributed by atoms with van der Waals surface area (Å²) in [6.07, 6.45) is 8.23. The molecule has 2 aromatic rings. The standard InChI is InChI=1S/C19H25N3O/c1-22(19(23)13-12-15-8-4-2-5-9-15)18-14-17(20-21-18)16-10-6-3-7-11-16/h3,6-7,10-11,14-15H,2,4-5,8-9,12-13H2,1H3,(H,20,21). The van der Waals surface area contributed by atoms with Crippen molar-refractivity contribution in [3.63, 3.8) is 0 Å². The first-order chi connectivity index (χ1) is 11.2. The van der Waals surface area contributed by atoms with Crippen LogP contribution in [0.2, 0.25) is 0 Å². The van der Waals surface area contributed by atoms with Crippen molar-refractivity contribution >= 4 is 11.7 Å². The van der Waals surface area contributed by atoms with Crippen LogP contribution in [-0.2, 0) is 4.79 Å². The van der Waals surface area contributed by atoms with E-state index in [4.69, 9.17) is 0 Å². The van der Waals surface area contributed by atoms with Gasteiger partial charge in [0.15, 0.2) is 5.82 Å². The third-order valence-electron chi connectivity index (χ3n) is 4.86. The van der Waals surface area contributed by atoms with Gasteiger partial charge >= 0.3 is 0 Å². The van der Waals surface area contributed by atoms with E-state index in [2.05, 4.69) is 10.2 Å². The molecule has 23 heavy (non-hydrogen) atoms. The van der Waals surface area contributed by atoms with Crippen LogP contribution in [0, 0.1) is 5.92 Å². The Kier molecular flexibility index (Phi) is 5.11. The zero-order valence-corrected chi connectivity index (χ0v) is 13.8. The van der Waals surface area contributed by atoms with E-state index in [-0.39, 0.29) is 5.91 Å². The van der Waals surface area contributed by atoms with Crippen LogP contribution in [0.1, 0.15) is 44.9 Å². The summed E-state index contributed by atoms with van der Waals surface area (Å²) >= 11 is 0. The Balaban J connectivity index is 1.58. The number of H-pyrrole nitrogens is 1. The monoisotopic (exact) mass is 311 g/mol. The highest BCUT2D eigenvalue weighted by molar-refractivity contribution is 5.92. The lowest BCUT2D eigenvalue weighted by atomic mass is 9.86. The lowest BCUT2D eigenvalue weighted by Crippen LogP contribution is -2.27. The highest BCUT2D eigenvalue weighted by Gasteiger charge is 2.18. The van der Waals surface area contributed by atoms with E-state index >= 15 is 0 Å². The highest BCUT2D eigenvalue weighted by Crippen LogP contribution is 2.28. The van der Waals surface area contributed by atoms with E-state index < -0.39 is 0 Å². The van der Waals surface area contributed by atoms with E-state index in [9.17, 15) is 4.79 Å². The number of aromatic nitrogens is 2. The summed E-state index contributed by atoms with van der Waals surface area (Å²) < 4.78 is 0. The lowest BCUT2D eigenvalue weighted by Gasteiger charge is -2.22. The summed E-state index contributed by atoms with van der Waals surface area (Å²) in [7, 11) is 1.81. The van der Waals surface area contributed by atoms with E-state index in [1.807, 2.05) is 43.4 Å². The summed E-state index contributed by atoms with van der Waals surface area (Å²) in [4.78, 5) is 14.1. The largest absolute Gasteiger partial charge is 0.298 e. The van der Waals surface area contributed by atoms with Crippen molar-refractivity contribution in [3.05, 3.63) is 36.4 Å². The van der Waals surface area contributed by atoms with Crippen molar-refractivity contribution in [2.75, 3.05) is 11.9 Å². The number of aromatic amines is 1. The number of carbonyl (C=O) groups is 1. The first-order valence-corrected chi connectivity index (χ1v) is 8.61. The molecular weight excluding hydrogens is 286 g/mol. The van der Waals surface area contributed by atoms with Gasteiger partial charge in [-0.2, -0.15) is 5.10 Å². The second-order valence-corrected chi connectivity index (χ2v) is 6.50. The molecule has 0 unspecified atom stereocenters. The van der Waals surface area contributed by atoms with Gasteiger partial charge in [0.1, 0.15) is 0 Å². The minimum Gasteiger partial charge on any atom is -0.298 e. The van der Waals surface area contributed by atoms with Crippen LogP contribution in [0.25, 0.3) is 11.3 Å². The Morgan fingerprint density at radius 3 is 2.70 bits per heavy atom. The van der Waals surface area contributed by atoms with Crippen molar-refractivity contribution in [1.82, 2.24) is 10.2 Å². The average molecular weight is 311 g/mol. The molecule has 1 aliphatic rings. The molecule has 1 N–H and O–H groups in total. The van der Waals surface area contributed by atoms with E-state index in [1.165, 1.54) is 32.1 Å². The molecule has 0 atom stereocenters. The molecule has 1 aromatic heterocycles. The maximum absolute atomic E-state index is 12.4. The number of rotatable bonds is 5. The Bertz CT molecular complexity index is 629. The van der Waals surface area contributed by atoms with Crippen LogP contribution in [0.4, 0.5) is 5.82 Å². The molecule has 1 aromatic carbocycles. The van der Waals surface area contributed by atoms with Crippen LogP contribution in [0.3, 0.4) is 0 Å². The van der Waals surface area contributed by atoms with Crippen LogP contribution in [0.5, 0.6) is 0 Å². The molecule has 1 heterocycles. The molecule has 1 saturated carbocycles. The third-order valence-corrected chi connectivity index (χ3v) is 4.86. The summed E-state index contributed by atoms with van der Waals surface area (Å²) in [5.41, 5.74) is 2.02. The number of nitrogens with zero attached hydrogens (tertiary/aromatic N) is 2. The summed E-state index contributed by atoms with van der Waals surface area (Å²) in [6, 6.07) is 12.0. The molecule has 0 aliphatic heterocycles. The summed E-state index contributed by atoms with van der Waals surface area (Å²) in [5.74, 6) is 1.58. The van der Waals surface area contributed by atoms with Crippen LogP contribution in [0.15, 0.2) is 36.4 Å². The quantitative estimate of drug-likeness (QED) is 0.889. The van der Waals surface area contributed by atoms with E-state index in [1.54, 1.807) is 4.90 Å². The zero-order chi connectivity index (χ0) is 16.1. The van der Waals surface area contributed by atoms with Gasteiger partial charge in [-0.1, -0.05) is 62.4 Å². The van der Waals surface area contributed by atoms with Gasteiger partial charge in [0.05, 0.1) is 5.69 Å². The van der Waals surface area contributed by atoms with Crippen molar-refractivity contribution in [1.29, 1.82) is 0 Å². The lowest BCUT2D eigenvalue weighted by molar-refractivity contribution is -0.118. The molecule has 0 radical (unpaired) electrons. The normalized spacial score (nSPS) is 15.5. The number of nitrogens with one attached hydrogen (secondary N) is 1. The molecule has 1 fully saturated rings. The Morgan fingerprint density at radius 1 is 1.22 bits per heavy atom. The van der Waals surface area contributed by atoms with Gasteiger partial charge in [-0.3, -0.25) is 14.8 Å². The fourth-order valence-electron chi connectivity index (χ4n) is 3.35. The second kappa shape index (κ2) is 7.44. The van der Waals surface area contributed by atoms with Gasteiger partial charge in [-0.05, 0) is 17.9 Å². The van der Waals surface area contributed by atoms with Crippen molar-refractivity contribution in [2.24, 2.45) is 5.92 Å². The molecule has 1 amide bonds. The van der Waals surface area contributed by atoms with Gasteiger partial charge in [0.2, 0.25) is 5.91 Å². The molecule has 4 heteroatoms. The van der Waals surface area contributed by atoms with Crippen LogP contribution in [-0.4, -0.2) is 23.2 Å². The van der Waals surface area contributed by atoms with Gasteiger partial charge in [-0.25, -0.2) is 0 Å². The summed E-state index contributed by atoms with van der Waals surface area (Å²) in [5, 5.41) is 7.31. The molecular formula is C19H25N3O. The van der Waals surface area contributed by atoms with Gasteiger partial charge < -0.3 is 0 Å². The minimum absolute atomic E-state index is 0.154. The number of hydrogen-bond donors (Lipinski definition) is 1. The number of hydrogen-bond acceptors (Lipinski definition) is 2. The first kappa shape index (κ1) is 15.8. The Hall–Kier alpha value is -2.10. The maximum Gasteiger partial charge on any atom is 0.227 e. The summed E-state index contributed by atoms with van der Waals surface area (Å²) in [6.45, 7) is 0. The van der Waals surface area contributed by atoms with Gasteiger partial charge in [0.25, 0.3) is 0 Å². The highest BCUT2D eigenvalue weighted by atomic mass is 16.2. The molecule has 1 aliphatic carbocycles. The molecule has 0 bridgehead atoms. The average Bonchev–Trinajstić information content (AvgIpc) is 3.11. The number of carbonyl (C=O) groups excluding carboxylic acids is 1. The predicted molar refractivity (Wildman–Crippen MR) is 93.2 cm³/mol. The molecule has 122 valence electrons. The van der Waals surface area contributed by atoms with Gasteiger partial charge in [0, 0.05) is 19.5 Å².